The predicted molar refractivity (Wildman–Crippen MR) is 100 cm³/mol. The van der Waals surface area contributed by atoms with Crippen LogP contribution in [0.25, 0.3) is 0 Å². The van der Waals surface area contributed by atoms with Crippen LogP contribution in [-0.4, -0.2) is 29.9 Å². The summed E-state index contributed by atoms with van der Waals surface area (Å²) in [6.07, 6.45) is 19.1. The topological polar surface area (TPSA) is 77.4 Å². The van der Waals surface area contributed by atoms with Crippen molar-refractivity contribution in [3.05, 3.63) is 0 Å². The number of hydrogen-bond donors (Lipinski definition) is 1. The number of aliphatic hydroxyl groups excluding tert-OH is 1. The van der Waals surface area contributed by atoms with Crippen LogP contribution in [0.5, 0.6) is 0 Å². The Morgan fingerprint density at radius 1 is 0.720 bits per heavy atom. The van der Waals surface area contributed by atoms with Crippen molar-refractivity contribution in [2.75, 3.05) is 6.61 Å². The number of rotatable bonds is 18. The first-order valence-electron chi connectivity index (χ1n) is 10.1. The summed E-state index contributed by atoms with van der Waals surface area (Å²) in [6, 6.07) is 0. The maximum absolute atomic E-state index is 10.8. The average Bonchev–Trinajstić information content (AvgIpc) is 2.53. The van der Waals surface area contributed by atoms with E-state index >= 15 is 0 Å². The summed E-state index contributed by atoms with van der Waals surface area (Å²) in [6.45, 7) is 1.70. The number of aliphatic hydroxyl groups is 1. The van der Waals surface area contributed by atoms with Gasteiger partial charge in [0.2, 0.25) is 0 Å². The van der Waals surface area contributed by atoms with Gasteiger partial charge in [0, 0.05) is 0 Å². The van der Waals surface area contributed by atoms with E-state index in [1.807, 2.05) is 0 Å². The van der Waals surface area contributed by atoms with E-state index < -0.39 is 22.0 Å². The van der Waals surface area contributed by atoms with Gasteiger partial charge in [0.25, 0.3) is 0 Å². The molecule has 0 aliphatic carbocycles. The molecule has 0 aromatic carbocycles. The third kappa shape index (κ3) is 19.4. The molecule has 0 radical (unpaired) electrons. The fourth-order valence-corrected chi connectivity index (χ4v) is 3.71. The van der Waals surface area contributed by atoms with Gasteiger partial charge in [-0.05, 0) is 6.42 Å². The van der Waals surface area contributed by atoms with Crippen LogP contribution >= 0.6 is 0 Å². The third-order valence-electron chi connectivity index (χ3n) is 4.74. The molecule has 6 heteroatoms. The average molecular weight is 387 g/mol. The second-order valence-corrected chi connectivity index (χ2v) is 8.69. The quantitative estimate of drug-likeness (QED) is 0.222. The first-order valence-corrected chi connectivity index (χ1v) is 11.5. The smallest absolute Gasteiger partial charge is 0.748 e. The molecule has 0 aromatic rings. The van der Waals surface area contributed by atoms with Gasteiger partial charge in [-0.25, -0.2) is 8.42 Å². The predicted octanol–water partition coefficient (Wildman–Crippen LogP) is 2.16. The number of unbranched alkanes of at least 4 members (excludes halogenated alkanes) is 14. The Hall–Kier alpha value is 0.870. The third-order valence-corrected chi connectivity index (χ3v) is 5.94. The molecular weight excluding hydrogens is 347 g/mol. The van der Waals surface area contributed by atoms with Crippen LogP contribution in [0.1, 0.15) is 110 Å². The Balaban J connectivity index is 0. The van der Waals surface area contributed by atoms with Crippen molar-refractivity contribution >= 4 is 10.1 Å². The maximum atomic E-state index is 10.8. The van der Waals surface area contributed by atoms with Crippen molar-refractivity contribution in [1.82, 2.24) is 0 Å². The zero-order valence-electron chi connectivity index (χ0n) is 16.7. The molecule has 0 amide bonds. The Bertz CT molecular complexity index is 360. The van der Waals surface area contributed by atoms with Gasteiger partial charge in [-0.15, -0.1) is 0 Å². The summed E-state index contributed by atoms with van der Waals surface area (Å²) in [7, 11) is -4.33. The van der Waals surface area contributed by atoms with Crippen molar-refractivity contribution in [2.45, 2.75) is 115 Å². The van der Waals surface area contributed by atoms with E-state index in [-0.39, 0.29) is 29.6 Å². The molecule has 0 aliphatic heterocycles. The SMILES string of the molecule is CCCCCCCCCCCCCCCCCC(CO)S(=O)(=O)[O-].[Na+]. The van der Waals surface area contributed by atoms with E-state index in [1.54, 1.807) is 0 Å². The Kier molecular flexibility index (Phi) is 22.0. The molecule has 1 unspecified atom stereocenters. The molecular formula is C19H39NaO4S. The molecule has 0 fully saturated rings. The molecule has 0 aliphatic rings. The van der Waals surface area contributed by atoms with Crippen molar-refractivity contribution < 1.29 is 47.6 Å². The number of hydrogen-bond acceptors (Lipinski definition) is 4. The van der Waals surface area contributed by atoms with Gasteiger partial charge in [-0.3, -0.25) is 0 Å². The molecule has 0 aromatic heterocycles. The summed E-state index contributed by atoms with van der Waals surface area (Å²) in [5, 5.41) is 7.79. The monoisotopic (exact) mass is 386 g/mol. The van der Waals surface area contributed by atoms with E-state index in [2.05, 4.69) is 6.92 Å². The normalized spacial score (nSPS) is 12.8. The van der Waals surface area contributed by atoms with Gasteiger partial charge in [-0.2, -0.15) is 0 Å². The van der Waals surface area contributed by atoms with Crippen LogP contribution in [0.3, 0.4) is 0 Å². The Morgan fingerprint density at radius 2 is 1.04 bits per heavy atom. The fourth-order valence-electron chi connectivity index (χ4n) is 3.07. The first-order chi connectivity index (χ1) is 11.5. The summed E-state index contributed by atoms with van der Waals surface area (Å²) in [5.74, 6) is 0. The largest absolute Gasteiger partial charge is 1.00 e. The molecule has 25 heavy (non-hydrogen) atoms. The second kappa shape index (κ2) is 19.6. The van der Waals surface area contributed by atoms with Gasteiger partial charge in [0.05, 0.1) is 22.0 Å². The summed E-state index contributed by atoms with van der Waals surface area (Å²) >= 11 is 0. The Labute approximate surface area is 178 Å². The molecule has 146 valence electrons. The second-order valence-electron chi connectivity index (χ2n) is 7.04. The van der Waals surface area contributed by atoms with E-state index in [0.29, 0.717) is 12.8 Å². The van der Waals surface area contributed by atoms with Crippen LogP contribution in [0.2, 0.25) is 0 Å². The minimum Gasteiger partial charge on any atom is -0.748 e. The molecule has 1 atom stereocenters. The zero-order chi connectivity index (χ0) is 18.1. The molecule has 1 N–H and O–H groups in total. The van der Waals surface area contributed by atoms with E-state index in [9.17, 15) is 13.0 Å². The van der Waals surface area contributed by atoms with Crippen molar-refractivity contribution in [1.29, 1.82) is 0 Å². The van der Waals surface area contributed by atoms with Crippen LogP contribution in [-0.2, 0) is 10.1 Å². The molecule has 0 rings (SSSR count). The van der Waals surface area contributed by atoms with Gasteiger partial charge in [-0.1, -0.05) is 103 Å². The van der Waals surface area contributed by atoms with Crippen LogP contribution in [0.15, 0.2) is 0 Å². The van der Waals surface area contributed by atoms with Gasteiger partial charge < -0.3 is 9.66 Å². The van der Waals surface area contributed by atoms with Gasteiger partial charge in [0.1, 0.15) is 0 Å². The molecule has 0 saturated carbocycles. The van der Waals surface area contributed by atoms with E-state index in [4.69, 9.17) is 5.11 Å². The Morgan fingerprint density at radius 3 is 1.32 bits per heavy atom. The molecule has 0 saturated heterocycles. The van der Waals surface area contributed by atoms with E-state index in [1.165, 1.54) is 77.0 Å². The summed E-state index contributed by atoms with van der Waals surface area (Å²) < 4.78 is 32.5. The van der Waals surface area contributed by atoms with Crippen molar-refractivity contribution in [2.24, 2.45) is 0 Å². The van der Waals surface area contributed by atoms with Gasteiger partial charge in [0.15, 0.2) is 0 Å². The van der Waals surface area contributed by atoms with Gasteiger partial charge >= 0.3 is 29.6 Å². The summed E-state index contributed by atoms with van der Waals surface area (Å²) in [4.78, 5) is 0. The van der Waals surface area contributed by atoms with Crippen molar-refractivity contribution in [3.63, 3.8) is 0 Å². The molecule has 0 spiro atoms. The van der Waals surface area contributed by atoms with Crippen LogP contribution in [0.4, 0.5) is 0 Å². The minimum absolute atomic E-state index is 0. The van der Waals surface area contributed by atoms with Crippen LogP contribution < -0.4 is 29.6 Å². The fraction of sp³-hybridized carbons (Fsp3) is 1.00. The zero-order valence-corrected chi connectivity index (χ0v) is 19.5. The molecule has 4 nitrogen and oxygen atoms in total. The molecule has 0 bridgehead atoms. The van der Waals surface area contributed by atoms with E-state index in [0.717, 1.165) is 12.8 Å². The summed E-state index contributed by atoms with van der Waals surface area (Å²) in [5.41, 5.74) is 0. The van der Waals surface area contributed by atoms with Crippen LogP contribution in [0, 0.1) is 0 Å². The minimum atomic E-state index is -4.33. The first kappa shape index (κ1) is 28.1. The van der Waals surface area contributed by atoms with Crippen molar-refractivity contribution in [3.8, 4) is 0 Å². The maximum Gasteiger partial charge on any atom is 1.00 e. The standard InChI is InChI=1S/C19H40O4S.Na/c1-2-3-4-5-6-7-8-9-10-11-12-13-14-15-16-17-19(18-20)24(21,22)23;/h19-20H,2-18H2,1H3,(H,21,22,23);/q;+1/p-1. The molecule has 0 heterocycles.